The zero-order valence-corrected chi connectivity index (χ0v) is 12.7. The van der Waals surface area contributed by atoms with Crippen LogP contribution in [0.5, 0.6) is 0 Å². The van der Waals surface area contributed by atoms with Gasteiger partial charge in [-0.3, -0.25) is 0 Å². The first-order valence-corrected chi connectivity index (χ1v) is 7.60. The van der Waals surface area contributed by atoms with Gasteiger partial charge in [-0.05, 0) is 32.0 Å². The van der Waals surface area contributed by atoms with Gasteiger partial charge in [-0.15, -0.1) is 5.10 Å². The van der Waals surface area contributed by atoms with Crippen molar-refractivity contribution in [3.8, 4) is 6.07 Å². The number of hydrogen-bond donors (Lipinski definition) is 1. The lowest BCUT2D eigenvalue weighted by Crippen LogP contribution is -2.17. The van der Waals surface area contributed by atoms with Gasteiger partial charge in [-0.25, -0.2) is 18.1 Å². The minimum Gasteiger partial charge on any atom is -0.246 e. The fourth-order valence-corrected chi connectivity index (χ4v) is 2.92. The average molecular weight is 324 g/mol. The highest BCUT2D eigenvalue weighted by atomic mass is 35.5. The highest BCUT2D eigenvalue weighted by molar-refractivity contribution is 7.92. The molecule has 0 aliphatic carbocycles. The van der Waals surface area contributed by atoms with Crippen LogP contribution in [0.4, 0.5) is 5.95 Å². The van der Waals surface area contributed by atoms with Gasteiger partial charge in [0.1, 0.15) is 4.90 Å². The minimum absolute atomic E-state index is 0.00158. The average Bonchev–Trinajstić information content (AvgIpc) is 2.43. The fourth-order valence-electron chi connectivity index (χ4n) is 1.45. The third kappa shape index (κ3) is 3.26. The minimum atomic E-state index is -4.00. The first-order valence-electron chi connectivity index (χ1n) is 5.74. The second-order valence-electron chi connectivity index (χ2n) is 4.17. The van der Waals surface area contributed by atoms with Gasteiger partial charge in [-0.2, -0.15) is 10.4 Å². The normalized spacial score (nSPS) is 11.0. The maximum atomic E-state index is 12.3. The van der Waals surface area contributed by atoms with Gasteiger partial charge >= 0.3 is 0 Å². The summed E-state index contributed by atoms with van der Waals surface area (Å²) in [6, 6.07) is 5.80. The van der Waals surface area contributed by atoms with E-state index in [9.17, 15) is 8.42 Å². The Morgan fingerprint density at radius 1 is 1.24 bits per heavy atom. The van der Waals surface area contributed by atoms with Crippen molar-refractivity contribution < 1.29 is 8.42 Å². The van der Waals surface area contributed by atoms with E-state index in [2.05, 4.69) is 19.9 Å². The van der Waals surface area contributed by atoms with Crippen LogP contribution in [0.1, 0.15) is 17.0 Å². The second-order valence-corrected chi connectivity index (χ2v) is 6.23. The number of anilines is 1. The van der Waals surface area contributed by atoms with Crippen LogP contribution in [-0.4, -0.2) is 23.6 Å². The molecule has 0 aliphatic heterocycles. The summed E-state index contributed by atoms with van der Waals surface area (Å²) >= 11 is 5.88. The molecule has 9 heteroatoms. The number of nitrogens with zero attached hydrogens (tertiary/aromatic N) is 4. The molecule has 0 saturated carbocycles. The van der Waals surface area contributed by atoms with Crippen LogP contribution in [0.3, 0.4) is 0 Å². The molecule has 0 amide bonds. The van der Waals surface area contributed by atoms with E-state index in [0.29, 0.717) is 11.4 Å². The molecule has 0 radical (unpaired) electrons. The van der Waals surface area contributed by atoms with Crippen LogP contribution in [0, 0.1) is 25.2 Å². The number of benzene rings is 1. The number of nitrogens with one attached hydrogen (secondary N) is 1. The molecular formula is C12H10ClN5O2S. The Kier molecular flexibility index (Phi) is 4.06. The molecular weight excluding hydrogens is 314 g/mol. The molecule has 0 fully saturated rings. The van der Waals surface area contributed by atoms with Gasteiger partial charge in [0.2, 0.25) is 0 Å². The maximum Gasteiger partial charge on any atom is 0.265 e. The lowest BCUT2D eigenvalue weighted by molar-refractivity contribution is 0.600. The van der Waals surface area contributed by atoms with E-state index in [-0.39, 0.29) is 21.4 Å². The summed E-state index contributed by atoms with van der Waals surface area (Å²) < 4.78 is 26.7. The van der Waals surface area contributed by atoms with E-state index in [1.807, 2.05) is 6.07 Å². The Morgan fingerprint density at radius 2 is 1.95 bits per heavy atom. The molecule has 0 saturated heterocycles. The van der Waals surface area contributed by atoms with Crippen LogP contribution >= 0.6 is 11.6 Å². The summed E-state index contributed by atoms with van der Waals surface area (Å²) in [5.74, 6) is -0.156. The van der Waals surface area contributed by atoms with Crippen LogP contribution in [0.15, 0.2) is 23.1 Å². The molecule has 1 aromatic heterocycles. The standard InChI is InChI=1S/C12H10ClN5O2S/c1-7-8(2)16-17-12(15-7)18-21(19,20)11-5-9(6-14)3-4-10(11)13/h3-5H,1-2H3,(H,15,17,18). The zero-order valence-electron chi connectivity index (χ0n) is 11.1. The number of halogens is 1. The van der Waals surface area contributed by atoms with Crippen molar-refractivity contribution in [2.75, 3.05) is 4.72 Å². The number of nitriles is 1. The molecule has 1 heterocycles. The first-order chi connectivity index (χ1) is 9.83. The number of sulfonamides is 1. The molecule has 7 nitrogen and oxygen atoms in total. The molecule has 1 aromatic carbocycles. The Labute approximate surface area is 126 Å². The summed E-state index contributed by atoms with van der Waals surface area (Å²) in [4.78, 5) is 3.77. The van der Waals surface area contributed by atoms with E-state index in [0.717, 1.165) is 0 Å². The van der Waals surface area contributed by atoms with Crippen molar-refractivity contribution in [1.29, 1.82) is 5.26 Å². The SMILES string of the molecule is Cc1nnc(NS(=O)(=O)c2cc(C#N)ccc2Cl)nc1C. The Bertz CT molecular complexity index is 845. The largest absolute Gasteiger partial charge is 0.265 e. The van der Waals surface area contributed by atoms with Gasteiger partial charge in [-0.1, -0.05) is 11.6 Å². The molecule has 0 aliphatic rings. The van der Waals surface area contributed by atoms with E-state index in [4.69, 9.17) is 16.9 Å². The van der Waals surface area contributed by atoms with Crippen LogP contribution in [0.2, 0.25) is 5.02 Å². The maximum absolute atomic E-state index is 12.3. The molecule has 2 aromatic rings. The predicted molar refractivity (Wildman–Crippen MR) is 76.3 cm³/mol. The zero-order chi connectivity index (χ0) is 15.6. The van der Waals surface area contributed by atoms with Crippen molar-refractivity contribution in [2.45, 2.75) is 18.7 Å². The molecule has 21 heavy (non-hydrogen) atoms. The molecule has 0 bridgehead atoms. The van der Waals surface area contributed by atoms with Gasteiger partial charge in [0.15, 0.2) is 0 Å². The van der Waals surface area contributed by atoms with Crippen LogP contribution in [-0.2, 0) is 10.0 Å². The molecule has 0 spiro atoms. The molecule has 1 N–H and O–H groups in total. The van der Waals surface area contributed by atoms with Crippen molar-refractivity contribution in [1.82, 2.24) is 15.2 Å². The molecule has 0 atom stereocenters. The van der Waals surface area contributed by atoms with Crippen LogP contribution in [0.25, 0.3) is 0 Å². The summed E-state index contributed by atoms with van der Waals surface area (Å²) in [5, 5.41) is 16.3. The number of rotatable bonds is 3. The van der Waals surface area contributed by atoms with Gasteiger partial charge in [0.25, 0.3) is 16.0 Å². The summed E-state index contributed by atoms with van der Waals surface area (Å²) in [6.07, 6.45) is 0. The number of hydrogen-bond acceptors (Lipinski definition) is 6. The highest BCUT2D eigenvalue weighted by Crippen LogP contribution is 2.24. The predicted octanol–water partition coefficient (Wildman–Crippen LogP) is 1.81. The van der Waals surface area contributed by atoms with Crippen molar-refractivity contribution >= 4 is 27.6 Å². The Hall–Kier alpha value is -2.24. The third-order valence-corrected chi connectivity index (χ3v) is 4.48. The number of aryl methyl sites for hydroxylation is 2. The summed E-state index contributed by atoms with van der Waals surface area (Å²) in [5.41, 5.74) is 1.33. The van der Waals surface area contributed by atoms with Gasteiger partial charge < -0.3 is 0 Å². The van der Waals surface area contributed by atoms with Crippen molar-refractivity contribution in [3.63, 3.8) is 0 Å². The highest BCUT2D eigenvalue weighted by Gasteiger charge is 2.20. The topological polar surface area (TPSA) is 109 Å². The number of aromatic nitrogens is 3. The van der Waals surface area contributed by atoms with Gasteiger partial charge in [0.05, 0.1) is 28.0 Å². The smallest absolute Gasteiger partial charge is 0.246 e. The lowest BCUT2D eigenvalue weighted by atomic mass is 10.2. The fraction of sp³-hybridized carbons (Fsp3) is 0.167. The Morgan fingerprint density at radius 3 is 2.57 bits per heavy atom. The van der Waals surface area contributed by atoms with E-state index in [1.165, 1.54) is 18.2 Å². The third-order valence-electron chi connectivity index (χ3n) is 2.67. The van der Waals surface area contributed by atoms with Crippen molar-refractivity contribution in [2.24, 2.45) is 0 Å². The monoisotopic (exact) mass is 323 g/mol. The second kappa shape index (κ2) is 5.63. The van der Waals surface area contributed by atoms with Crippen molar-refractivity contribution in [3.05, 3.63) is 40.2 Å². The van der Waals surface area contributed by atoms with E-state index in [1.54, 1.807) is 13.8 Å². The lowest BCUT2D eigenvalue weighted by Gasteiger charge is -2.08. The first kappa shape index (κ1) is 15.2. The summed E-state index contributed by atoms with van der Waals surface area (Å²) in [6.45, 7) is 3.39. The van der Waals surface area contributed by atoms with E-state index < -0.39 is 10.0 Å². The molecule has 0 unspecified atom stereocenters. The molecule has 2 rings (SSSR count). The van der Waals surface area contributed by atoms with Crippen LogP contribution < -0.4 is 4.72 Å². The summed E-state index contributed by atoms with van der Waals surface area (Å²) in [7, 11) is -4.00. The van der Waals surface area contributed by atoms with E-state index >= 15 is 0 Å². The Balaban J connectivity index is 2.43. The van der Waals surface area contributed by atoms with Gasteiger partial charge in [0, 0.05) is 0 Å². The quantitative estimate of drug-likeness (QED) is 0.922. The molecule has 108 valence electrons.